The van der Waals surface area contributed by atoms with Crippen LogP contribution in [0.2, 0.25) is 0 Å². The molecule has 3 heteroatoms. The lowest BCUT2D eigenvalue weighted by atomic mass is 9.94. The van der Waals surface area contributed by atoms with Gasteiger partial charge in [-0.1, -0.05) is 25.1 Å². The number of rotatable bonds is 6. The summed E-state index contributed by atoms with van der Waals surface area (Å²) in [7, 11) is 2.19. The Morgan fingerprint density at radius 2 is 2.05 bits per heavy atom. The SMILES string of the molecule is CCC(C)N(C)CCNC1c2ccccc2OC1(C)C. The maximum Gasteiger partial charge on any atom is 0.125 e. The number of benzene rings is 1. The minimum Gasteiger partial charge on any atom is -0.486 e. The van der Waals surface area contributed by atoms with Gasteiger partial charge in [-0.2, -0.15) is 0 Å². The molecule has 20 heavy (non-hydrogen) atoms. The lowest BCUT2D eigenvalue weighted by Gasteiger charge is -2.29. The molecule has 1 N–H and O–H groups in total. The van der Waals surface area contributed by atoms with Gasteiger partial charge in [0, 0.05) is 24.7 Å². The molecular weight excluding hydrogens is 248 g/mol. The first kappa shape index (κ1) is 15.3. The highest BCUT2D eigenvalue weighted by molar-refractivity contribution is 5.42. The summed E-state index contributed by atoms with van der Waals surface area (Å²) in [5.74, 6) is 1.02. The van der Waals surface area contributed by atoms with Crippen LogP contribution in [0.5, 0.6) is 5.75 Å². The van der Waals surface area contributed by atoms with Gasteiger partial charge in [-0.3, -0.25) is 0 Å². The van der Waals surface area contributed by atoms with Gasteiger partial charge in [-0.25, -0.2) is 0 Å². The first-order chi connectivity index (χ1) is 9.45. The number of fused-ring (bicyclic) bond motifs is 1. The van der Waals surface area contributed by atoms with Crippen molar-refractivity contribution in [3.05, 3.63) is 29.8 Å². The predicted molar refractivity (Wildman–Crippen MR) is 84.3 cm³/mol. The Bertz CT molecular complexity index is 444. The number of nitrogens with zero attached hydrogens (tertiary/aromatic N) is 1. The third-order valence-electron chi connectivity index (χ3n) is 4.45. The predicted octanol–water partition coefficient (Wildman–Crippen LogP) is 3.22. The molecule has 1 aromatic rings. The number of likely N-dealkylation sites (N-methyl/N-ethyl adjacent to an activating group) is 1. The van der Waals surface area contributed by atoms with E-state index in [2.05, 4.69) is 63.2 Å². The summed E-state index contributed by atoms with van der Waals surface area (Å²) in [4.78, 5) is 2.40. The zero-order valence-electron chi connectivity index (χ0n) is 13.4. The van der Waals surface area contributed by atoms with Gasteiger partial charge >= 0.3 is 0 Å². The van der Waals surface area contributed by atoms with Crippen LogP contribution >= 0.6 is 0 Å². The molecule has 1 aromatic carbocycles. The van der Waals surface area contributed by atoms with E-state index in [0.717, 1.165) is 18.8 Å². The van der Waals surface area contributed by atoms with Crippen LogP contribution < -0.4 is 10.1 Å². The lowest BCUT2D eigenvalue weighted by Crippen LogP contribution is -2.42. The quantitative estimate of drug-likeness (QED) is 0.863. The second-order valence-corrected chi connectivity index (χ2v) is 6.37. The van der Waals surface area contributed by atoms with Crippen molar-refractivity contribution >= 4 is 0 Å². The second-order valence-electron chi connectivity index (χ2n) is 6.37. The molecule has 2 rings (SSSR count). The van der Waals surface area contributed by atoms with Gasteiger partial charge in [0.25, 0.3) is 0 Å². The molecule has 0 amide bonds. The van der Waals surface area contributed by atoms with Crippen LogP contribution in [0.3, 0.4) is 0 Å². The summed E-state index contributed by atoms with van der Waals surface area (Å²) >= 11 is 0. The highest BCUT2D eigenvalue weighted by Gasteiger charge is 2.40. The summed E-state index contributed by atoms with van der Waals surface area (Å²) in [5.41, 5.74) is 1.10. The fourth-order valence-corrected chi connectivity index (χ4v) is 2.80. The van der Waals surface area contributed by atoms with Crippen LogP contribution in [0.4, 0.5) is 0 Å². The van der Waals surface area contributed by atoms with Crippen molar-refractivity contribution in [2.45, 2.75) is 51.8 Å². The fourth-order valence-electron chi connectivity index (χ4n) is 2.80. The number of para-hydroxylation sites is 1. The molecule has 3 nitrogen and oxygen atoms in total. The monoisotopic (exact) mass is 276 g/mol. The van der Waals surface area contributed by atoms with E-state index >= 15 is 0 Å². The van der Waals surface area contributed by atoms with Gasteiger partial charge in [0.2, 0.25) is 0 Å². The van der Waals surface area contributed by atoms with Gasteiger partial charge in [-0.15, -0.1) is 0 Å². The van der Waals surface area contributed by atoms with E-state index in [1.165, 1.54) is 12.0 Å². The molecule has 2 unspecified atom stereocenters. The van der Waals surface area contributed by atoms with Crippen molar-refractivity contribution in [1.29, 1.82) is 0 Å². The van der Waals surface area contributed by atoms with Gasteiger partial charge in [0.15, 0.2) is 0 Å². The molecule has 0 saturated heterocycles. The molecule has 1 aliphatic rings. The maximum absolute atomic E-state index is 6.06. The highest BCUT2D eigenvalue weighted by atomic mass is 16.5. The first-order valence-electron chi connectivity index (χ1n) is 7.67. The summed E-state index contributed by atoms with van der Waals surface area (Å²) in [6.07, 6.45) is 1.19. The van der Waals surface area contributed by atoms with Crippen molar-refractivity contribution in [1.82, 2.24) is 10.2 Å². The summed E-state index contributed by atoms with van der Waals surface area (Å²) in [6.45, 7) is 10.9. The molecule has 1 aliphatic heterocycles. The van der Waals surface area contributed by atoms with Crippen LogP contribution in [0.25, 0.3) is 0 Å². The van der Waals surface area contributed by atoms with E-state index in [1.54, 1.807) is 0 Å². The second kappa shape index (κ2) is 6.15. The van der Waals surface area contributed by atoms with E-state index in [4.69, 9.17) is 4.74 Å². The Morgan fingerprint density at radius 3 is 2.75 bits per heavy atom. The van der Waals surface area contributed by atoms with Gasteiger partial charge < -0.3 is 15.0 Å². The Labute approximate surface area is 123 Å². The van der Waals surface area contributed by atoms with Crippen molar-refractivity contribution in [2.24, 2.45) is 0 Å². The number of ether oxygens (including phenoxy) is 1. The number of hydrogen-bond donors (Lipinski definition) is 1. The van der Waals surface area contributed by atoms with Crippen LogP contribution in [0.15, 0.2) is 24.3 Å². The highest BCUT2D eigenvalue weighted by Crippen LogP contribution is 2.42. The normalized spacial score (nSPS) is 21.6. The van der Waals surface area contributed by atoms with Crippen molar-refractivity contribution in [3.8, 4) is 5.75 Å². The van der Waals surface area contributed by atoms with Crippen molar-refractivity contribution in [3.63, 3.8) is 0 Å². The Hall–Kier alpha value is -1.06. The smallest absolute Gasteiger partial charge is 0.125 e. The minimum absolute atomic E-state index is 0.182. The third kappa shape index (κ3) is 3.15. The Kier molecular flexibility index (Phi) is 4.71. The van der Waals surface area contributed by atoms with Crippen LogP contribution in [-0.2, 0) is 0 Å². The van der Waals surface area contributed by atoms with Crippen molar-refractivity contribution in [2.75, 3.05) is 20.1 Å². The minimum atomic E-state index is -0.182. The first-order valence-corrected chi connectivity index (χ1v) is 7.67. The summed E-state index contributed by atoms with van der Waals surface area (Å²) < 4.78 is 6.06. The zero-order chi connectivity index (χ0) is 14.8. The Morgan fingerprint density at radius 1 is 1.35 bits per heavy atom. The number of hydrogen-bond acceptors (Lipinski definition) is 3. The lowest BCUT2D eigenvalue weighted by molar-refractivity contribution is 0.0946. The third-order valence-corrected chi connectivity index (χ3v) is 4.45. The van der Waals surface area contributed by atoms with E-state index in [0.29, 0.717) is 6.04 Å². The molecule has 0 aromatic heterocycles. The molecule has 0 bridgehead atoms. The largest absolute Gasteiger partial charge is 0.486 e. The topological polar surface area (TPSA) is 24.5 Å². The van der Waals surface area contributed by atoms with Crippen LogP contribution in [0, 0.1) is 0 Å². The molecule has 0 spiro atoms. The molecule has 112 valence electrons. The molecule has 1 heterocycles. The summed E-state index contributed by atoms with van der Waals surface area (Å²) in [5, 5.41) is 3.67. The molecule has 0 fully saturated rings. The van der Waals surface area contributed by atoms with Gasteiger partial charge in [-0.05, 0) is 40.3 Å². The van der Waals surface area contributed by atoms with E-state index in [1.807, 2.05) is 6.07 Å². The molecule has 2 atom stereocenters. The number of nitrogens with one attached hydrogen (secondary N) is 1. The maximum atomic E-state index is 6.06. The zero-order valence-corrected chi connectivity index (χ0v) is 13.4. The van der Waals surface area contributed by atoms with Crippen LogP contribution in [0.1, 0.15) is 45.7 Å². The molecule has 0 saturated carbocycles. The van der Waals surface area contributed by atoms with E-state index in [9.17, 15) is 0 Å². The average Bonchev–Trinajstić information content (AvgIpc) is 2.68. The average molecular weight is 276 g/mol. The molecule has 0 radical (unpaired) electrons. The van der Waals surface area contributed by atoms with E-state index < -0.39 is 0 Å². The fraction of sp³-hybridized carbons (Fsp3) is 0.647. The standard InChI is InChI=1S/C17H28N2O/c1-6-13(2)19(5)12-11-18-16-14-9-7-8-10-15(14)20-17(16,3)4/h7-10,13,16,18H,6,11-12H2,1-5H3. The van der Waals surface area contributed by atoms with Gasteiger partial charge in [0.05, 0.1) is 6.04 Å². The van der Waals surface area contributed by atoms with Crippen molar-refractivity contribution < 1.29 is 4.74 Å². The van der Waals surface area contributed by atoms with Gasteiger partial charge in [0.1, 0.15) is 11.4 Å². The summed E-state index contributed by atoms with van der Waals surface area (Å²) in [6, 6.07) is 9.25. The molecule has 0 aliphatic carbocycles. The van der Waals surface area contributed by atoms with Crippen LogP contribution in [-0.4, -0.2) is 36.7 Å². The molecular formula is C17H28N2O. The van der Waals surface area contributed by atoms with E-state index in [-0.39, 0.29) is 11.6 Å². The Balaban J connectivity index is 1.95.